The van der Waals surface area contributed by atoms with Crippen molar-refractivity contribution in [1.29, 1.82) is 0 Å². The smallest absolute Gasteiger partial charge is 0.438 e. The monoisotopic (exact) mass is 806 g/mol. The van der Waals surface area contributed by atoms with E-state index >= 15 is 0 Å². The Bertz CT molecular complexity index is 2320. The summed E-state index contributed by atoms with van der Waals surface area (Å²) in [5.41, 5.74) is 1.64. The molecule has 2 amide bonds. The lowest BCUT2D eigenvalue weighted by Crippen LogP contribution is -2.47. The molecule has 12 nitrogen and oxygen atoms in total. The van der Waals surface area contributed by atoms with Crippen LogP contribution in [-0.2, 0) is 20.7 Å². The first-order valence-corrected chi connectivity index (χ1v) is 18.5. The van der Waals surface area contributed by atoms with Crippen LogP contribution in [0, 0.1) is 11.6 Å². The maximum atomic E-state index is 13.1. The molecular formula is C42H38BClF2N6O6. The molecule has 2 aliphatic heterocycles. The van der Waals surface area contributed by atoms with E-state index in [1.165, 1.54) is 52.4 Å². The molecule has 58 heavy (non-hydrogen) atoms. The summed E-state index contributed by atoms with van der Waals surface area (Å²) in [6, 6.07) is 33.7. The molecule has 2 saturated heterocycles. The van der Waals surface area contributed by atoms with Crippen molar-refractivity contribution < 1.29 is 37.9 Å². The number of anilines is 2. The van der Waals surface area contributed by atoms with E-state index < -0.39 is 30.5 Å². The van der Waals surface area contributed by atoms with Crippen molar-refractivity contribution in [2.45, 2.75) is 37.9 Å². The second-order valence-corrected chi connectivity index (χ2v) is 13.9. The average molecular weight is 807 g/mol. The maximum absolute atomic E-state index is 13.1. The van der Waals surface area contributed by atoms with Crippen LogP contribution in [0.4, 0.5) is 30.0 Å². The van der Waals surface area contributed by atoms with E-state index in [4.69, 9.17) is 31.1 Å². The lowest BCUT2D eigenvalue weighted by atomic mass is 9.80. The molecular weight excluding hydrogens is 769 g/mol. The fraction of sp³-hybridized carbons (Fsp3) is 0.190. The highest BCUT2D eigenvalue weighted by Crippen LogP contribution is 2.36. The molecule has 2 N–H and O–H groups in total. The number of halogens is 3. The molecule has 8 rings (SSSR count). The number of cyclic esters (lactones) is 2. The molecule has 0 aliphatic carbocycles. The van der Waals surface area contributed by atoms with Crippen LogP contribution in [0.5, 0.6) is 0 Å². The molecule has 2 atom stereocenters. The van der Waals surface area contributed by atoms with Gasteiger partial charge in [0.05, 0.1) is 0 Å². The molecule has 4 heterocycles. The van der Waals surface area contributed by atoms with E-state index in [-0.39, 0.29) is 16.9 Å². The van der Waals surface area contributed by atoms with Gasteiger partial charge in [-0.15, -0.1) is 0 Å². The number of hydrogen-bond acceptors (Lipinski definition) is 10. The molecule has 0 spiro atoms. The minimum absolute atomic E-state index is 0.108. The van der Waals surface area contributed by atoms with Crippen molar-refractivity contribution >= 4 is 48.0 Å². The number of carbonyl (C=O) groups excluding carboxylic acids is 2. The van der Waals surface area contributed by atoms with Crippen LogP contribution < -0.4 is 15.3 Å². The van der Waals surface area contributed by atoms with Gasteiger partial charge in [-0.2, -0.15) is 0 Å². The van der Waals surface area contributed by atoms with Gasteiger partial charge in [0.2, 0.25) is 5.28 Å². The van der Waals surface area contributed by atoms with Crippen molar-refractivity contribution in [3.8, 4) is 11.4 Å². The number of ether oxygens (including phenoxy) is 2. The Morgan fingerprint density at radius 2 is 1.09 bits per heavy atom. The van der Waals surface area contributed by atoms with Gasteiger partial charge in [0.25, 0.3) is 0 Å². The van der Waals surface area contributed by atoms with Gasteiger partial charge in [-0.1, -0.05) is 72.8 Å². The lowest BCUT2D eigenvalue weighted by Gasteiger charge is -2.38. The normalized spacial score (nSPS) is 18.7. The summed E-state index contributed by atoms with van der Waals surface area (Å²) in [4.78, 5) is 44.5. The predicted octanol–water partition coefficient (Wildman–Crippen LogP) is 7.44. The Hall–Kier alpha value is -6.29. The molecule has 2 fully saturated rings. The first-order chi connectivity index (χ1) is 27.8. The van der Waals surface area contributed by atoms with E-state index in [2.05, 4.69) is 19.9 Å². The van der Waals surface area contributed by atoms with E-state index in [9.17, 15) is 18.4 Å². The van der Waals surface area contributed by atoms with E-state index in [0.29, 0.717) is 54.4 Å². The van der Waals surface area contributed by atoms with E-state index in [1.807, 2.05) is 74.5 Å². The van der Waals surface area contributed by atoms with Gasteiger partial charge in [-0.3, -0.25) is 9.80 Å². The number of amides is 2. The van der Waals surface area contributed by atoms with Crippen molar-refractivity contribution in [1.82, 2.24) is 19.9 Å². The topological polar surface area (TPSA) is 151 Å². The van der Waals surface area contributed by atoms with Crippen LogP contribution in [0.3, 0.4) is 0 Å². The van der Waals surface area contributed by atoms with Crippen LogP contribution in [0.15, 0.2) is 134 Å². The van der Waals surface area contributed by atoms with Gasteiger partial charge in [-0.25, -0.2) is 38.3 Å². The highest BCUT2D eigenvalue weighted by Gasteiger charge is 2.40. The Balaban J connectivity index is 0.000000162. The minimum atomic E-state index is -1.51. The van der Waals surface area contributed by atoms with Crippen LogP contribution in [0.25, 0.3) is 11.4 Å². The summed E-state index contributed by atoms with van der Waals surface area (Å²) in [7, 11) is -1.51. The van der Waals surface area contributed by atoms with Crippen LogP contribution in [0.2, 0.25) is 5.28 Å². The van der Waals surface area contributed by atoms with Crippen molar-refractivity contribution in [2.24, 2.45) is 0 Å². The van der Waals surface area contributed by atoms with Gasteiger partial charge in [-0.05, 0) is 90.6 Å². The molecule has 4 aromatic carbocycles. The Morgan fingerprint density at radius 1 is 0.638 bits per heavy atom. The van der Waals surface area contributed by atoms with Crippen LogP contribution in [0.1, 0.15) is 37.8 Å². The van der Waals surface area contributed by atoms with E-state index in [0.717, 1.165) is 11.1 Å². The van der Waals surface area contributed by atoms with Crippen molar-refractivity contribution in [3.05, 3.63) is 162 Å². The van der Waals surface area contributed by atoms with Crippen LogP contribution >= 0.6 is 11.6 Å². The van der Waals surface area contributed by atoms with Gasteiger partial charge in [0, 0.05) is 43.9 Å². The summed E-state index contributed by atoms with van der Waals surface area (Å²) in [5.74, 6) is 0.635. The highest BCUT2D eigenvalue weighted by molar-refractivity contribution is 6.58. The zero-order valence-corrected chi connectivity index (χ0v) is 32.2. The molecule has 0 saturated carbocycles. The fourth-order valence-corrected chi connectivity index (χ4v) is 6.33. The fourth-order valence-electron chi connectivity index (χ4n) is 6.18. The van der Waals surface area contributed by atoms with Gasteiger partial charge < -0.3 is 19.5 Å². The summed E-state index contributed by atoms with van der Waals surface area (Å²) >= 11 is 5.76. The van der Waals surface area contributed by atoms with Crippen molar-refractivity contribution in [3.63, 3.8) is 0 Å². The zero-order chi connectivity index (χ0) is 41.3. The molecule has 0 radical (unpaired) electrons. The van der Waals surface area contributed by atoms with E-state index in [1.54, 1.807) is 30.5 Å². The Labute approximate surface area is 338 Å². The molecule has 2 unspecified atom stereocenters. The van der Waals surface area contributed by atoms with Crippen LogP contribution in [-0.4, -0.2) is 62.4 Å². The molecule has 2 aromatic heterocycles. The van der Waals surface area contributed by atoms with Gasteiger partial charge >= 0.3 is 19.3 Å². The Morgan fingerprint density at radius 3 is 1.53 bits per heavy atom. The Kier molecular flexibility index (Phi) is 13.1. The third-order valence-electron chi connectivity index (χ3n) is 9.54. The largest absolute Gasteiger partial charge is 0.488 e. The number of carbonyl (C=O) groups is 2. The third kappa shape index (κ3) is 10.2. The average Bonchev–Trinajstić information content (AvgIpc) is 3.22. The summed E-state index contributed by atoms with van der Waals surface area (Å²) < 4.78 is 36.7. The number of rotatable bonds is 6. The highest BCUT2D eigenvalue weighted by atomic mass is 35.5. The molecule has 0 bridgehead atoms. The van der Waals surface area contributed by atoms with Gasteiger partial charge in [0.1, 0.15) is 34.5 Å². The quantitative estimate of drug-likeness (QED) is 0.128. The van der Waals surface area contributed by atoms with Gasteiger partial charge in [0.15, 0.2) is 5.82 Å². The first kappa shape index (κ1) is 41.4. The number of aromatic nitrogens is 4. The SMILES string of the molecule is CC1(c2ccccc2)CCN(c2ccnc(-c3ccc(F)cc3)n2)C(=O)O1.CC1(c2ccccc2)CCN(c2ccnc(Cl)n2)C(=O)O1.OB(O)c1ccc(F)cc1. The molecule has 16 heteroatoms. The summed E-state index contributed by atoms with van der Waals surface area (Å²) in [5, 5.41) is 17.2. The first-order valence-electron chi connectivity index (χ1n) is 18.1. The lowest BCUT2D eigenvalue weighted by molar-refractivity contribution is 0.00493. The number of nitrogens with zero attached hydrogens (tertiary/aromatic N) is 6. The minimum Gasteiger partial charge on any atom is -0.438 e. The standard InChI is InChI=1S/C21H18FN3O2.C15H14ClN3O2.C6H6BFO2/c1-21(16-5-3-2-4-6-16)12-14-25(20(26)27-21)18-11-13-23-19(24-18)15-7-9-17(22)10-8-15;1-15(11-5-3-2-4-6-11)8-10-19(14(20)21-15)12-7-9-17-13(16)18-12;8-6-3-1-5(2-4-6)7(9)10/h2-11,13H,12,14H2,1H3;2-7,9H,8,10H2,1H3;1-4,9-10H. The predicted molar refractivity (Wildman–Crippen MR) is 215 cm³/mol. The zero-order valence-electron chi connectivity index (χ0n) is 31.5. The second kappa shape index (κ2) is 18.3. The van der Waals surface area contributed by atoms with Crippen molar-refractivity contribution in [2.75, 3.05) is 22.9 Å². The molecule has 6 aromatic rings. The molecule has 2 aliphatic rings. The summed E-state index contributed by atoms with van der Waals surface area (Å²) in [6.45, 7) is 4.83. The molecule has 296 valence electrons. The summed E-state index contributed by atoms with van der Waals surface area (Å²) in [6.07, 6.45) is 3.53. The second-order valence-electron chi connectivity index (χ2n) is 13.6. The third-order valence-corrected chi connectivity index (χ3v) is 9.72. The number of benzene rings is 4. The number of hydrogen-bond donors (Lipinski definition) is 2. The maximum Gasteiger partial charge on any atom is 0.488 e.